The van der Waals surface area contributed by atoms with Gasteiger partial charge in [-0.25, -0.2) is 9.97 Å². The minimum Gasteiger partial charge on any atom is -0.388 e. The molecule has 0 unspecified atom stereocenters. The fourth-order valence-corrected chi connectivity index (χ4v) is 3.72. The predicted molar refractivity (Wildman–Crippen MR) is 112 cm³/mol. The quantitative estimate of drug-likeness (QED) is 0.530. The van der Waals surface area contributed by atoms with Gasteiger partial charge in [-0.3, -0.25) is 4.79 Å². The molecule has 2 heterocycles. The number of carbonyl (C=O) groups is 1. The maximum atomic E-state index is 12.5. The number of aryl methyl sites for hydroxylation is 1. The first-order chi connectivity index (χ1) is 13.1. The van der Waals surface area contributed by atoms with Crippen LogP contribution in [0.4, 0.5) is 11.4 Å². The van der Waals surface area contributed by atoms with Crippen LogP contribution in [0.5, 0.6) is 0 Å². The fraction of sp³-hybridized carbons (Fsp3) is 0.0952. The molecule has 6 heteroatoms. The lowest BCUT2D eigenvalue weighted by atomic mass is 10.1. The molecule has 2 aromatic carbocycles. The lowest BCUT2D eigenvalue weighted by Gasteiger charge is -2.10. The topological polar surface area (TPSA) is 66.9 Å². The molecule has 0 spiro atoms. The number of amides is 1. The van der Waals surface area contributed by atoms with Gasteiger partial charge in [0, 0.05) is 35.7 Å². The molecule has 0 bridgehead atoms. The summed E-state index contributed by atoms with van der Waals surface area (Å²) in [7, 11) is 1.85. The number of hydrogen-bond donors (Lipinski definition) is 2. The molecular weight excluding hydrogens is 356 g/mol. The Morgan fingerprint density at radius 2 is 1.89 bits per heavy atom. The number of pyridine rings is 1. The Morgan fingerprint density at radius 1 is 1.07 bits per heavy atom. The van der Waals surface area contributed by atoms with E-state index in [1.807, 2.05) is 56.4 Å². The van der Waals surface area contributed by atoms with Crippen molar-refractivity contribution >= 4 is 39.0 Å². The summed E-state index contributed by atoms with van der Waals surface area (Å²) < 4.78 is 0. The zero-order chi connectivity index (χ0) is 18.8. The molecule has 2 N–H and O–H groups in total. The number of benzene rings is 2. The van der Waals surface area contributed by atoms with Gasteiger partial charge in [-0.15, -0.1) is 0 Å². The van der Waals surface area contributed by atoms with E-state index < -0.39 is 0 Å². The van der Waals surface area contributed by atoms with Crippen LogP contribution in [0.1, 0.15) is 15.9 Å². The van der Waals surface area contributed by atoms with Crippen molar-refractivity contribution in [3.63, 3.8) is 0 Å². The van der Waals surface area contributed by atoms with Crippen LogP contribution in [0.2, 0.25) is 0 Å². The van der Waals surface area contributed by atoms with Crippen LogP contribution in [0.15, 0.2) is 60.8 Å². The number of aromatic nitrogens is 2. The van der Waals surface area contributed by atoms with Gasteiger partial charge in [-0.05, 0) is 67.1 Å². The van der Waals surface area contributed by atoms with E-state index in [0.717, 1.165) is 37.9 Å². The van der Waals surface area contributed by atoms with Gasteiger partial charge in [0.05, 0.1) is 0 Å². The molecule has 0 aliphatic rings. The van der Waals surface area contributed by atoms with Crippen molar-refractivity contribution in [3.05, 3.63) is 71.9 Å². The first-order valence-electron chi connectivity index (χ1n) is 8.56. The Balaban J connectivity index is 1.56. The third-order valence-corrected chi connectivity index (χ3v) is 5.35. The lowest BCUT2D eigenvalue weighted by molar-refractivity contribution is 0.102. The van der Waals surface area contributed by atoms with Crippen LogP contribution in [-0.2, 0) is 0 Å². The summed E-state index contributed by atoms with van der Waals surface area (Å²) in [6, 6.07) is 17.2. The molecule has 0 aliphatic heterocycles. The molecule has 0 radical (unpaired) electrons. The van der Waals surface area contributed by atoms with Crippen LogP contribution in [0.25, 0.3) is 20.9 Å². The molecule has 0 atom stereocenters. The molecule has 2 aromatic heterocycles. The summed E-state index contributed by atoms with van der Waals surface area (Å²) in [6.45, 7) is 1.98. The molecule has 0 aliphatic carbocycles. The average Bonchev–Trinajstić information content (AvgIpc) is 3.14. The van der Waals surface area contributed by atoms with Crippen molar-refractivity contribution in [1.82, 2.24) is 9.97 Å². The highest BCUT2D eigenvalue weighted by atomic mass is 32.1. The van der Waals surface area contributed by atoms with E-state index in [9.17, 15) is 4.79 Å². The first-order valence-corrected chi connectivity index (χ1v) is 9.37. The molecule has 134 valence electrons. The van der Waals surface area contributed by atoms with Crippen LogP contribution in [0, 0.1) is 6.92 Å². The smallest absolute Gasteiger partial charge is 0.255 e. The highest BCUT2D eigenvalue weighted by Gasteiger charge is 2.11. The van der Waals surface area contributed by atoms with E-state index in [1.54, 1.807) is 29.7 Å². The van der Waals surface area contributed by atoms with E-state index in [4.69, 9.17) is 0 Å². The Morgan fingerprint density at radius 3 is 2.59 bits per heavy atom. The normalized spacial score (nSPS) is 10.7. The molecule has 4 aromatic rings. The zero-order valence-corrected chi connectivity index (χ0v) is 15.8. The minimum atomic E-state index is -0.127. The average molecular weight is 374 g/mol. The minimum absolute atomic E-state index is 0.127. The number of thiazole rings is 1. The molecule has 4 rings (SSSR count). The SMILES string of the molecule is CNc1ccc(C(=O)Nc2ccc(-c3nc4cccnc4s3)cc2C)cc1. The van der Waals surface area contributed by atoms with Crippen LogP contribution < -0.4 is 10.6 Å². The maximum Gasteiger partial charge on any atom is 0.255 e. The van der Waals surface area contributed by atoms with Gasteiger partial charge in [-0.2, -0.15) is 0 Å². The number of fused-ring (bicyclic) bond motifs is 1. The Kier molecular flexibility index (Phi) is 4.56. The van der Waals surface area contributed by atoms with Gasteiger partial charge in [0.2, 0.25) is 0 Å². The van der Waals surface area contributed by atoms with Gasteiger partial charge in [0.25, 0.3) is 5.91 Å². The van der Waals surface area contributed by atoms with Gasteiger partial charge in [-0.1, -0.05) is 11.3 Å². The molecule has 0 saturated heterocycles. The number of hydrogen-bond acceptors (Lipinski definition) is 5. The molecule has 1 amide bonds. The third-order valence-electron chi connectivity index (χ3n) is 4.32. The number of rotatable bonds is 4. The summed E-state index contributed by atoms with van der Waals surface area (Å²) in [5.74, 6) is -0.127. The van der Waals surface area contributed by atoms with Crippen molar-refractivity contribution in [2.45, 2.75) is 6.92 Å². The van der Waals surface area contributed by atoms with Crippen molar-refractivity contribution < 1.29 is 4.79 Å². The molecular formula is C21H18N4OS. The van der Waals surface area contributed by atoms with Crippen LogP contribution in [-0.4, -0.2) is 22.9 Å². The van der Waals surface area contributed by atoms with Crippen LogP contribution in [0.3, 0.4) is 0 Å². The molecule has 5 nitrogen and oxygen atoms in total. The number of anilines is 2. The second-order valence-electron chi connectivity index (χ2n) is 6.16. The summed E-state index contributed by atoms with van der Waals surface area (Å²) in [6.07, 6.45) is 1.78. The van der Waals surface area contributed by atoms with E-state index in [1.165, 1.54) is 0 Å². The van der Waals surface area contributed by atoms with Gasteiger partial charge < -0.3 is 10.6 Å². The predicted octanol–water partition coefficient (Wildman–Crippen LogP) is 4.96. The van der Waals surface area contributed by atoms with Crippen molar-refractivity contribution in [2.24, 2.45) is 0 Å². The monoisotopic (exact) mass is 374 g/mol. The summed E-state index contributed by atoms with van der Waals surface area (Å²) in [5, 5.41) is 6.95. The number of nitrogens with one attached hydrogen (secondary N) is 2. The molecule has 0 saturated carbocycles. The largest absolute Gasteiger partial charge is 0.388 e. The highest BCUT2D eigenvalue weighted by Crippen LogP contribution is 2.31. The molecule has 27 heavy (non-hydrogen) atoms. The van der Waals surface area contributed by atoms with Crippen LogP contribution >= 0.6 is 11.3 Å². The standard InChI is InChI=1S/C21H18N4OS/c1-13-12-15(20-25-18-4-3-11-23-21(18)27-20)7-10-17(13)24-19(26)14-5-8-16(22-2)9-6-14/h3-12,22H,1-2H3,(H,24,26). The Hall–Kier alpha value is -3.25. The lowest BCUT2D eigenvalue weighted by Crippen LogP contribution is -2.12. The van der Waals surface area contributed by atoms with E-state index in [0.29, 0.717) is 5.56 Å². The zero-order valence-electron chi connectivity index (χ0n) is 15.0. The van der Waals surface area contributed by atoms with Crippen molar-refractivity contribution in [1.29, 1.82) is 0 Å². The highest BCUT2D eigenvalue weighted by molar-refractivity contribution is 7.21. The first kappa shape index (κ1) is 17.2. The van der Waals surface area contributed by atoms with Crippen molar-refractivity contribution in [2.75, 3.05) is 17.7 Å². The number of nitrogens with zero attached hydrogens (tertiary/aromatic N) is 2. The van der Waals surface area contributed by atoms with Gasteiger partial charge >= 0.3 is 0 Å². The van der Waals surface area contributed by atoms with E-state index in [-0.39, 0.29) is 5.91 Å². The second-order valence-corrected chi connectivity index (χ2v) is 7.14. The van der Waals surface area contributed by atoms with E-state index in [2.05, 4.69) is 20.6 Å². The summed E-state index contributed by atoms with van der Waals surface area (Å²) in [4.78, 5) is 22.4. The Labute approximate surface area is 161 Å². The van der Waals surface area contributed by atoms with Gasteiger partial charge in [0.15, 0.2) is 0 Å². The molecule has 0 fully saturated rings. The summed E-state index contributed by atoms with van der Waals surface area (Å²) in [5.41, 5.74) is 5.29. The fourth-order valence-electron chi connectivity index (χ4n) is 2.81. The second kappa shape index (κ2) is 7.17. The van der Waals surface area contributed by atoms with Crippen molar-refractivity contribution in [3.8, 4) is 10.6 Å². The van der Waals surface area contributed by atoms with Gasteiger partial charge in [0.1, 0.15) is 15.4 Å². The summed E-state index contributed by atoms with van der Waals surface area (Å²) >= 11 is 1.56. The Bertz CT molecular complexity index is 1090. The maximum absolute atomic E-state index is 12.5. The van der Waals surface area contributed by atoms with E-state index >= 15 is 0 Å². The number of carbonyl (C=O) groups excluding carboxylic acids is 1. The third kappa shape index (κ3) is 3.52.